The second-order valence-corrected chi connectivity index (χ2v) is 9.90. The van der Waals surface area contributed by atoms with Gasteiger partial charge in [-0.05, 0) is 42.0 Å². The molecule has 5 aromatic rings. The maximum Gasteiger partial charge on any atom is 0.324 e. The van der Waals surface area contributed by atoms with E-state index in [1.54, 1.807) is 64.4 Å². The van der Waals surface area contributed by atoms with Crippen LogP contribution in [-0.2, 0) is 12.5 Å². The van der Waals surface area contributed by atoms with Crippen LogP contribution in [0.4, 0.5) is 20.7 Å². The van der Waals surface area contributed by atoms with Gasteiger partial charge in [-0.1, -0.05) is 26.8 Å². The molecule has 0 saturated heterocycles. The number of carbonyl (C=O) groups is 1. The van der Waals surface area contributed by atoms with E-state index >= 15 is 4.39 Å². The average Bonchev–Trinajstić information content (AvgIpc) is 3.49. The minimum atomic E-state index is -0.622. The summed E-state index contributed by atoms with van der Waals surface area (Å²) >= 11 is 0. The van der Waals surface area contributed by atoms with Gasteiger partial charge < -0.3 is 5.32 Å². The zero-order chi connectivity index (χ0) is 27.0. The van der Waals surface area contributed by atoms with Crippen LogP contribution in [0, 0.1) is 17.1 Å². The van der Waals surface area contributed by atoms with E-state index in [1.807, 2.05) is 27.8 Å². The molecule has 0 aliphatic carbocycles. The van der Waals surface area contributed by atoms with Crippen LogP contribution in [0.2, 0.25) is 0 Å². The Morgan fingerprint density at radius 2 is 1.79 bits per heavy atom. The maximum absolute atomic E-state index is 15.1. The highest BCUT2D eigenvalue weighted by Crippen LogP contribution is 2.30. The first-order valence-electron chi connectivity index (χ1n) is 11.9. The van der Waals surface area contributed by atoms with E-state index in [2.05, 4.69) is 31.9 Å². The molecular formula is C28H25FN8O. The standard InChI is InChI=1S/C28H25FN8O/c1-28(2,3)25-12-26(37(35-25)19-8-5-17(13-30)6-9-19)34-27(38)33-23-10-7-18(11-22(23)29)20-14-31-16-24-21(20)15-32-36(24)4/h5-12,14-16H,1-4H3,(H2,33,34,38). The predicted octanol–water partition coefficient (Wildman–Crippen LogP) is 5.77. The molecular weight excluding hydrogens is 483 g/mol. The molecule has 3 aromatic heterocycles. The summed E-state index contributed by atoms with van der Waals surface area (Å²) in [5, 5.41) is 24.2. The Morgan fingerprint density at radius 1 is 1.03 bits per heavy atom. The first-order chi connectivity index (χ1) is 18.1. The summed E-state index contributed by atoms with van der Waals surface area (Å²) in [4.78, 5) is 17.2. The number of aryl methyl sites for hydroxylation is 1. The van der Waals surface area contributed by atoms with Crippen LogP contribution in [0.25, 0.3) is 27.7 Å². The van der Waals surface area contributed by atoms with Crippen molar-refractivity contribution < 1.29 is 9.18 Å². The normalized spacial score (nSPS) is 11.4. The van der Waals surface area contributed by atoms with Gasteiger partial charge in [0.05, 0.1) is 46.6 Å². The lowest BCUT2D eigenvalue weighted by atomic mass is 9.92. The van der Waals surface area contributed by atoms with Gasteiger partial charge in [0.2, 0.25) is 0 Å². The molecule has 0 aliphatic rings. The smallest absolute Gasteiger partial charge is 0.305 e. The Bertz CT molecular complexity index is 1700. The van der Waals surface area contributed by atoms with Crippen molar-refractivity contribution in [3.8, 4) is 22.9 Å². The quantitative estimate of drug-likeness (QED) is 0.320. The van der Waals surface area contributed by atoms with Crippen LogP contribution in [0.1, 0.15) is 32.0 Å². The molecule has 9 nitrogen and oxygen atoms in total. The summed E-state index contributed by atoms with van der Waals surface area (Å²) in [7, 11) is 1.82. The predicted molar refractivity (Wildman–Crippen MR) is 144 cm³/mol. The third kappa shape index (κ3) is 4.69. The van der Waals surface area contributed by atoms with Crippen molar-refractivity contribution in [1.29, 1.82) is 5.26 Å². The summed E-state index contributed by atoms with van der Waals surface area (Å²) < 4.78 is 18.4. The number of anilines is 2. The summed E-state index contributed by atoms with van der Waals surface area (Å²) in [5.41, 5.74) is 3.88. The Balaban J connectivity index is 1.40. The molecule has 38 heavy (non-hydrogen) atoms. The van der Waals surface area contributed by atoms with Crippen molar-refractivity contribution in [3.05, 3.63) is 84.2 Å². The molecule has 2 N–H and O–H groups in total. The topological polar surface area (TPSA) is 113 Å². The molecule has 2 aromatic carbocycles. The first-order valence-corrected chi connectivity index (χ1v) is 11.9. The number of nitrogens with one attached hydrogen (secondary N) is 2. The number of pyridine rings is 1. The van der Waals surface area contributed by atoms with E-state index in [4.69, 9.17) is 5.26 Å². The van der Waals surface area contributed by atoms with E-state index in [1.165, 1.54) is 12.1 Å². The number of benzene rings is 2. The van der Waals surface area contributed by atoms with Crippen LogP contribution in [0.15, 0.2) is 67.1 Å². The number of halogens is 1. The van der Waals surface area contributed by atoms with Gasteiger partial charge in [-0.3, -0.25) is 15.0 Å². The number of carbonyl (C=O) groups excluding carboxylic acids is 1. The first kappa shape index (κ1) is 24.6. The van der Waals surface area contributed by atoms with Gasteiger partial charge in [-0.25, -0.2) is 13.9 Å². The molecule has 0 spiro atoms. The Kier molecular flexibility index (Phi) is 6.12. The molecule has 0 saturated carbocycles. The number of aromatic nitrogens is 5. The fourth-order valence-electron chi connectivity index (χ4n) is 4.05. The van der Waals surface area contributed by atoms with Gasteiger partial charge in [0.25, 0.3) is 0 Å². The number of nitriles is 1. The molecule has 0 fully saturated rings. The zero-order valence-corrected chi connectivity index (χ0v) is 21.3. The highest BCUT2D eigenvalue weighted by atomic mass is 19.1. The highest BCUT2D eigenvalue weighted by Gasteiger charge is 2.22. The van der Waals surface area contributed by atoms with Gasteiger partial charge in [-0.15, -0.1) is 0 Å². The van der Waals surface area contributed by atoms with E-state index in [0.29, 0.717) is 22.6 Å². The van der Waals surface area contributed by atoms with Crippen LogP contribution < -0.4 is 10.6 Å². The fraction of sp³-hybridized carbons (Fsp3) is 0.179. The lowest BCUT2D eigenvalue weighted by molar-refractivity contribution is 0.262. The summed E-state index contributed by atoms with van der Waals surface area (Å²) in [5.74, 6) is -0.182. The number of amides is 2. The van der Waals surface area contributed by atoms with Gasteiger partial charge in [0.15, 0.2) is 0 Å². The number of hydrogen-bond donors (Lipinski definition) is 2. The van der Waals surface area contributed by atoms with E-state index in [-0.39, 0.29) is 11.1 Å². The van der Waals surface area contributed by atoms with Crippen molar-refractivity contribution >= 4 is 28.4 Å². The van der Waals surface area contributed by atoms with Crippen molar-refractivity contribution in [3.63, 3.8) is 0 Å². The highest BCUT2D eigenvalue weighted by molar-refractivity contribution is 6.00. The fourth-order valence-corrected chi connectivity index (χ4v) is 4.05. The number of rotatable bonds is 4. The van der Waals surface area contributed by atoms with E-state index in [9.17, 15) is 4.79 Å². The molecule has 5 rings (SSSR count). The molecule has 2 amide bonds. The lowest BCUT2D eigenvalue weighted by Crippen LogP contribution is -2.22. The third-order valence-corrected chi connectivity index (χ3v) is 6.16. The van der Waals surface area contributed by atoms with Gasteiger partial charge in [0.1, 0.15) is 11.6 Å². The monoisotopic (exact) mass is 508 g/mol. The Morgan fingerprint density at radius 3 is 2.47 bits per heavy atom. The van der Waals surface area contributed by atoms with Gasteiger partial charge >= 0.3 is 6.03 Å². The Hall–Kier alpha value is -5.04. The number of nitrogens with zero attached hydrogens (tertiary/aromatic N) is 6. The van der Waals surface area contributed by atoms with E-state index in [0.717, 1.165) is 22.2 Å². The maximum atomic E-state index is 15.1. The zero-order valence-electron chi connectivity index (χ0n) is 21.3. The summed E-state index contributed by atoms with van der Waals surface area (Å²) in [6.07, 6.45) is 5.08. The molecule has 0 aliphatic heterocycles. The third-order valence-electron chi connectivity index (χ3n) is 6.16. The van der Waals surface area contributed by atoms with Crippen molar-refractivity contribution in [2.45, 2.75) is 26.2 Å². The molecule has 0 atom stereocenters. The molecule has 3 heterocycles. The number of fused-ring (bicyclic) bond motifs is 1. The summed E-state index contributed by atoms with van der Waals surface area (Å²) in [6, 6.07) is 14.7. The number of hydrogen-bond acceptors (Lipinski definition) is 5. The molecule has 190 valence electrons. The van der Waals surface area contributed by atoms with Crippen LogP contribution >= 0.6 is 0 Å². The van der Waals surface area contributed by atoms with Crippen molar-refractivity contribution in [1.82, 2.24) is 24.5 Å². The minimum absolute atomic E-state index is 0.0260. The molecule has 0 unspecified atom stereocenters. The lowest BCUT2D eigenvalue weighted by Gasteiger charge is -2.14. The summed E-state index contributed by atoms with van der Waals surface area (Å²) in [6.45, 7) is 6.04. The van der Waals surface area contributed by atoms with Crippen molar-refractivity contribution in [2.75, 3.05) is 10.6 Å². The second-order valence-electron chi connectivity index (χ2n) is 9.90. The van der Waals surface area contributed by atoms with Crippen LogP contribution in [0.5, 0.6) is 0 Å². The largest absolute Gasteiger partial charge is 0.324 e. The Labute approximate surface area is 218 Å². The molecule has 10 heteroatoms. The molecule has 0 radical (unpaired) electrons. The van der Waals surface area contributed by atoms with E-state index < -0.39 is 11.8 Å². The van der Waals surface area contributed by atoms with Gasteiger partial charge in [0, 0.05) is 35.7 Å². The molecule has 0 bridgehead atoms. The van der Waals surface area contributed by atoms with Crippen LogP contribution in [-0.4, -0.2) is 30.6 Å². The second kappa shape index (κ2) is 9.44. The van der Waals surface area contributed by atoms with Gasteiger partial charge in [-0.2, -0.15) is 15.5 Å². The number of urea groups is 1. The minimum Gasteiger partial charge on any atom is -0.305 e. The van der Waals surface area contributed by atoms with Crippen LogP contribution in [0.3, 0.4) is 0 Å². The average molecular weight is 509 g/mol. The van der Waals surface area contributed by atoms with Crippen molar-refractivity contribution in [2.24, 2.45) is 7.05 Å². The SMILES string of the molecule is Cn1ncc2c(-c3ccc(NC(=O)Nc4cc(C(C)(C)C)nn4-c4ccc(C#N)cc4)c(F)c3)cncc21.